The molecule has 3 N–H and O–H groups in total. The van der Waals surface area contributed by atoms with E-state index < -0.39 is 12.1 Å². The van der Waals surface area contributed by atoms with Crippen LogP contribution in [-0.2, 0) is 14.3 Å². The molecule has 2 unspecified atom stereocenters. The minimum Gasteiger partial charge on any atom is -0.466 e. The molecule has 0 saturated carbocycles. The third-order valence-corrected chi connectivity index (χ3v) is 13.7. The van der Waals surface area contributed by atoms with E-state index in [1.807, 2.05) is 0 Å². The molecule has 0 fully saturated rings. The van der Waals surface area contributed by atoms with E-state index in [1.54, 1.807) is 0 Å². The molecule has 0 aromatic carbocycles. The predicted molar refractivity (Wildman–Crippen MR) is 274 cm³/mol. The summed E-state index contributed by atoms with van der Waals surface area (Å²) in [6, 6.07) is -0.537. The van der Waals surface area contributed by atoms with Crippen LogP contribution in [0.1, 0.15) is 328 Å². The van der Waals surface area contributed by atoms with Crippen molar-refractivity contribution in [2.45, 2.75) is 341 Å². The van der Waals surface area contributed by atoms with Gasteiger partial charge in [0, 0.05) is 12.8 Å². The van der Waals surface area contributed by atoms with Gasteiger partial charge in [-0.1, -0.05) is 290 Å². The van der Waals surface area contributed by atoms with E-state index in [4.69, 9.17) is 4.74 Å². The normalized spacial score (nSPS) is 12.5. The number of rotatable bonds is 54. The zero-order chi connectivity index (χ0) is 45.8. The van der Waals surface area contributed by atoms with Gasteiger partial charge in [-0.05, 0) is 25.7 Å². The lowest BCUT2D eigenvalue weighted by Crippen LogP contribution is -2.45. The fourth-order valence-electron chi connectivity index (χ4n) is 9.23. The Morgan fingerprint density at radius 1 is 0.381 bits per heavy atom. The lowest BCUT2D eigenvalue weighted by atomic mass is 10.0. The highest BCUT2D eigenvalue weighted by Crippen LogP contribution is 2.18. The first-order valence-electron chi connectivity index (χ1n) is 28.8. The van der Waals surface area contributed by atoms with E-state index in [9.17, 15) is 19.8 Å². The van der Waals surface area contributed by atoms with Crippen LogP contribution in [0.3, 0.4) is 0 Å². The summed E-state index contributed by atoms with van der Waals surface area (Å²) in [7, 11) is 0. The zero-order valence-corrected chi connectivity index (χ0v) is 42.8. The monoisotopic (exact) mass is 892 g/mol. The second kappa shape index (κ2) is 53.5. The maximum Gasteiger partial charge on any atom is 0.305 e. The topological polar surface area (TPSA) is 95.9 Å². The van der Waals surface area contributed by atoms with Crippen molar-refractivity contribution in [3.63, 3.8) is 0 Å². The molecular weight excluding hydrogens is 779 g/mol. The summed E-state index contributed by atoms with van der Waals surface area (Å²) < 4.78 is 5.48. The first-order valence-corrected chi connectivity index (χ1v) is 28.8. The highest BCUT2D eigenvalue weighted by molar-refractivity contribution is 5.76. The molecule has 376 valence electrons. The van der Waals surface area contributed by atoms with E-state index >= 15 is 0 Å². The summed E-state index contributed by atoms with van der Waals surface area (Å²) in [5.41, 5.74) is 0. The highest BCUT2D eigenvalue weighted by atomic mass is 16.5. The van der Waals surface area contributed by atoms with Gasteiger partial charge >= 0.3 is 5.97 Å². The molecular formula is C57H113NO5. The van der Waals surface area contributed by atoms with Crippen LogP contribution in [0.15, 0.2) is 0 Å². The van der Waals surface area contributed by atoms with Crippen molar-refractivity contribution < 1.29 is 24.5 Å². The van der Waals surface area contributed by atoms with E-state index in [1.165, 1.54) is 257 Å². The predicted octanol–water partition coefficient (Wildman–Crippen LogP) is 17.5. The number of unbranched alkanes of at least 4 members (excludes halogenated alkanes) is 43. The molecule has 0 rings (SSSR count). The van der Waals surface area contributed by atoms with Crippen molar-refractivity contribution in [2.24, 2.45) is 0 Å². The quantitative estimate of drug-likeness (QED) is 0.0418. The van der Waals surface area contributed by atoms with Crippen molar-refractivity contribution in [3.8, 4) is 0 Å². The Morgan fingerprint density at radius 2 is 0.651 bits per heavy atom. The van der Waals surface area contributed by atoms with Gasteiger partial charge in [-0.2, -0.15) is 0 Å². The van der Waals surface area contributed by atoms with Crippen LogP contribution in [0.25, 0.3) is 0 Å². The molecule has 0 aliphatic heterocycles. The maximum absolute atomic E-state index is 12.4. The number of carbonyl (C=O) groups is 2. The van der Waals surface area contributed by atoms with Crippen LogP contribution < -0.4 is 5.32 Å². The number of esters is 1. The summed E-state index contributed by atoms with van der Waals surface area (Å²) in [5.74, 6) is -0.0172. The second-order valence-electron chi connectivity index (χ2n) is 20.0. The van der Waals surface area contributed by atoms with Gasteiger partial charge in [0.2, 0.25) is 5.91 Å². The molecule has 63 heavy (non-hydrogen) atoms. The Labute approximate surface area is 394 Å². The van der Waals surface area contributed by atoms with Gasteiger partial charge in [0.05, 0.1) is 25.4 Å². The number of aliphatic hydroxyl groups excluding tert-OH is 2. The third-order valence-electron chi connectivity index (χ3n) is 13.7. The Kier molecular flexibility index (Phi) is 52.5. The molecule has 2 atom stereocenters. The molecule has 0 aromatic heterocycles. The number of amides is 1. The Balaban J connectivity index is 3.31. The zero-order valence-electron chi connectivity index (χ0n) is 42.8. The Bertz CT molecular complexity index is 898. The van der Waals surface area contributed by atoms with Crippen molar-refractivity contribution >= 4 is 11.9 Å². The maximum atomic E-state index is 12.4. The Hall–Kier alpha value is -1.14. The summed E-state index contributed by atoms with van der Waals surface area (Å²) in [6.07, 6.45) is 61.1. The largest absolute Gasteiger partial charge is 0.466 e. The SMILES string of the molecule is CCCCCCCCCCCCCCCC(=O)OCCCCCCCCCCCCCCCCCCCCCCCCCCC(=O)NC(CO)C(O)CCCCCCCCCCC. The number of ether oxygens (including phenoxy) is 1. The van der Waals surface area contributed by atoms with Crippen molar-refractivity contribution in [1.29, 1.82) is 0 Å². The van der Waals surface area contributed by atoms with Crippen LogP contribution in [-0.4, -0.2) is 47.4 Å². The van der Waals surface area contributed by atoms with Gasteiger partial charge in [-0.25, -0.2) is 0 Å². The van der Waals surface area contributed by atoms with Crippen LogP contribution in [0.4, 0.5) is 0 Å². The van der Waals surface area contributed by atoms with Crippen LogP contribution in [0.5, 0.6) is 0 Å². The van der Waals surface area contributed by atoms with Gasteiger partial charge < -0.3 is 20.3 Å². The molecule has 0 bridgehead atoms. The summed E-state index contributed by atoms with van der Waals surface area (Å²) in [4.78, 5) is 24.4. The fraction of sp³-hybridized carbons (Fsp3) is 0.965. The molecule has 0 saturated heterocycles. The molecule has 0 aliphatic rings. The number of hydrogen-bond acceptors (Lipinski definition) is 5. The first-order chi connectivity index (χ1) is 31.0. The Morgan fingerprint density at radius 3 is 0.968 bits per heavy atom. The van der Waals surface area contributed by atoms with Gasteiger partial charge in [-0.15, -0.1) is 0 Å². The van der Waals surface area contributed by atoms with Crippen LogP contribution in [0.2, 0.25) is 0 Å². The minimum atomic E-state index is -0.659. The molecule has 0 radical (unpaired) electrons. The molecule has 0 spiro atoms. The number of hydrogen-bond donors (Lipinski definition) is 3. The van der Waals surface area contributed by atoms with Gasteiger partial charge in [0.25, 0.3) is 0 Å². The molecule has 0 aromatic rings. The van der Waals surface area contributed by atoms with Crippen molar-refractivity contribution in [1.82, 2.24) is 5.32 Å². The molecule has 6 heteroatoms. The fourth-order valence-corrected chi connectivity index (χ4v) is 9.23. The van der Waals surface area contributed by atoms with Crippen LogP contribution in [0, 0.1) is 0 Å². The summed E-state index contributed by atoms with van der Waals surface area (Å²) in [6.45, 7) is 4.95. The average Bonchev–Trinajstić information content (AvgIpc) is 3.28. The average molecular weight is 893 g/mol. The van der Waals surface area contributed by atoms with Crippen LogP contribution >= 0.6 is 0 Å². The third kappa shape index (κ3) is 50.1. The molecule has 0 aliphatic carbocycles. The standard InChI is InChI=1S/C57H113NO5/c1-3-5-7-9-11-13-14-27-31-35-39-43-47-51-57(62)63-52-48-44-40-36-32-29-26-24-22-20-18-16-15-17-19-21-23-25-28-30-34-38-42-46-50-56(61)58-54(53-59)55(60)49-45-41-37-33-12-10-8-6-4-2/h54-55,59-60H,3-53H2,1-2H3,(H,58,61). The number of carbonyl (C=O) groups excluding carboxylic acids is 2. The molecule has 1 amide bonds. The van der Waals surface area contributed by atoms with E-state index in [2.05, 4.69) is 19.2 Å². The van der Waals surface area contributed by atoms with E-state index in [0.29, 0.717) is 25.9 Å². The molecule has 6 nitrogen and oxygen atoms in total. The lowest BCUT2D eigenvalue weighted by molar-refractivity contribution is -0.143. The second-order valence-corrected chi connectivity index (χ2v) is 20.0. The van der Waals surface area contributed by atoms with E-state index in [-0.39, 0.29) is 18.5 Å². The number of nitrogens with one attached hydrogen (secondary N) is 1. The van der Waals surface area contributed by atoms with Gasteiger partial charge in [-0.3, -0.25) is 9.59 Å². The van der Waals surface area contributed by atoms with Gasteiger partial charge in [0.1, 0.15) is 0 Å². The van der Waals surface area contributed by atoms with E-state index in [0.717, 1.165) is 38.5 Å². The summed E-state index contributed by atoms with van der Waals surface area (Å²) >= 11 is 0. The van der Waals surface area contributed by atoms with Crippen molar-refractivity contribution in [2.75, 3.05) is 13.2 Å². The van der Waals surface area contributed by atoms with Crippen molar-refractivity contribution in [3.05, 3.63) is 0 Å². The molecule has 0 heterocycles. The highest BCUT2D eigenvalue weighted by Gasteiger charge is 2.20. The minimum absolute atomic E-state index is 0.0175. The number of aliphatic hydroxyl groups is 2. The lowest BCUT2D eigenvalue weighted by Gasteiger charge is -2.22. The summed E-state index contributed by atoms with van der Waals surface area (Å²) in [5, 5.41) is 23.1. The smallest absolute Gasteiger partial charge is 0.305 e. The first kappa shape index (κ1) is 61.9. The van der Waals surface area contributed by atoms with Gasteiger partial charge in [0.15, 0.2) is 0 Å².